The average molecular weight is 258 g/mol. The fraction of sp³-hybridized carbons (Fsp3) is 0.375. The first kappa shape index (κ1) is 12.5. The Kier molecular flexibility index (Phi) is 3.40. The summed E-state index contributed by atoms with van der Waals surface area (Å²) in [5.41, 5.74) is 0.803. The molecule has 3 heteroatoms. The monoisotopic (exact) mass is 258 g/mol. The molecule has 2 atom stereocenters. The van der Waals surface area contributed by atoms with Crippen molar-refractivity contribution < 1.29 is 14.9 Å². The maximum atomic E-state index is 9.84. The van der Waals surface area contributed by atoms with Crippen LogP contribution >= 0.6 is 0 Å². The number of aliphatic hydroxyl groups excluding tert-OH is 2. The topological polar surface area (TPSA) is 49.7 Å². The molecule has 1 fully saturated rings. The molecule has 3 rings (SSSR count). The Balaban J connectivity index is 1.98. The molecule has 0 spiro atoms. The largest absolute Gasteiger partial charge is 0.487 e. The molecule has 3 nitrogen and oxygen atoms in total. The Labute approximate surface area is 112 Å². The van der Waals surface area contributed by atoms with E-state index in [0.717, 1.165) is 35.6 Å². The Morgan fingerprint density at radius 1 is 1.11 bits per heavy atom. The van der Waals surface area contributed by atoms with Gasteiger partial charge in [-0.1, -0.05) is 30.3 Å². The minimum Gasteiger partial charge on any atom is -0.487 e. The van der Waals surface area contributed by atoms with E-state index < -0.39 is 6.10 Å². The number of benzene rings is 2. The second-order valence-corrected chi connectivity index (χ2v) is 5.08. The molecule has 2 unspecified atom stereocenters. The van der Waals surface area contributed by atoms with Gasteiger partial charge in [-0.3, -0.25) is 0 Å². The van der Waals surface area contributed by atoms with Crippen molar-refractivity contribution >= 4 is 10.8 Å². The molecule has 2 aromatic carbocycles. The lowest BCUT2D eigenvalue weighted by Gasteiger charge is -2.20. The van der Waals surface area contributed by atoms with Gasteiger partial charge in [0, 0.05) is 5.56 Å². The zero-order valence-electron chi connectivity index (χ0n) is 10.7. The smallest absolute Gasteiger partial charge is 0.126 e. The molecule has 0 radical (unpaired) electrons. The van der Waals surface area contributed by atoms with Crippen LogP contribution in [0.1, 0.15) is 24.8 Å². The lowest BCUT2D eigenvalue weighted by molar-refractivity contribution is 0.0590. The zero-order chi connectivity index (χ0) is 13.2. The molecular formula is C16H18O3. The molecule has 0 amide bonds. The van der Waals surface area contributed by atoms with Gasteiger partial charge in [0.15, 0.2) is 0 Å². The van der Waals surface area contributed by atoms with E-state index in [1.807, 2.05) is 36.4 Å². The van der Waals surface area contributed by atoms with E-state index in [1.54, 1.807) is 0 Å². The van der Waals surface area contributed by atoms with Crippen LogP contribution in [0.5, 0.6) is 5.75 Å². The van der Waals surface area contributed by atoms with Gasteiger partial charge >= 0.3 is 0 Å². The van der Waals surface area contributed by atoms with Crippen LogP contribution in [0.25, 0.3) is 10.8 Å². The molecule has 0 heterocycles. The fourth-order valence-electron chi connectivity index (χ4n) is 2.80. The van der Waals surface area contributed by atoms with Crippen LogP contribution in [-0.4, -0.2) is 22.4 Å². The van der Waals surface area contributed by atoms with Crippen molar-refractivity contribution in [2.24, 2.45) is 0 Å². The highest BCUT2D eigenvalue weighted by molar-refractivity contribution is 5.87. The highest BCUT2D eigenvalue weighted by atomic mass is 16.5. The Morgan fingerprint density at radius 3 is 2.68 bits per heavy atom. The highest BCUT2D eigenvalue weighted by Crippen LogP contribution is 2.31. The predicted molar refractivity (Wildman–Crippen MR) is 74.1 cm³/mol. The third kappa shape index (κ3) is 2.31. The Bertz CT molecular complexity index is 579. The Hall–Kier alpha value is -1.58. The summed E-state index contributed by atoms with van der Waals surface area (Å²) in [7, 11) is 0. The predicted octanol–water partition coefficient (Wildman–Crippen LogP) is 2.62. The summed E-state index contributed by atoms with van der Waals surface area (Å²) in [5.74, 6) is 0.687. The SMILES string of the molecule is OCc1c(OC2CCCC2O)ccc2ccccc12. The molecule has 100 valence electrons. The lowest BCUT2D eigenvalue weighted by Crippen LogP contribution is -2.26. The molecule has 2 aromatic rings. The summed E-state index contributed by atoms with van der Waals surface area (Å²) in [6.07, 6.45) is 2.13. The lowest BCUT2D eigenvalue weighted by atomic mass is 10.0. The Morgan fingerprint density at radius 2 is 1.95 bits per heavy atom. The van der Waals surface area contributed by atoms with Gasteiger partial charge in [0.2, 0.25) is 0 Å². The fourth-order valence-corrected chi connectivity index (χ4v) is 2.80. The standard InChI is InChI=1S/C16H18O3/c17-10-13-12-5-2-1-4-11(12)8-9-15(13)19-16-7-3-6-14(16)18/h1-2,4-5,8-9,14,16-18H,3,6-7,10H2. The van der Waals surface area contributed by atoms with Crippen molar-refractivity contribution in [3.63, 3.8) is 0 Å². The summed E-state index contributed by atoms with van der Waals surface area (Å²) < 4.78 is 5.91. The third-order valence-corrected chi connectivity index (χ3v) is 3.85. The molecular weight excluding hydrogens is 240 g/mol. The quantitative estimate of drug-likeness (QED) is 0.889. The highest BCUT2D eigenvalue weighted by Gasteiger charge is 2.27. The van der Waals surface area contributed by atoms with Gasteiger partial charge in [-0.25, -0.2) is 0 Å². The van der Waals surface area contributed by atoms with Crippen LogP contribution in [0, 0.1) is 0 Å². The number of aliphatic hydroxyl groups is 2. The third-order valence-electron chi connectivity index (χ3n) is 3.85. The molecule has 0 aliphatic heterocycles. The number of hydrogen-bond acceptors (Lipinski definition) is 3. The molecule has 1 saturated carbocycles. The molecule has 1 aliphatic carbocycles. The number of fused-ring (bicyclic) bond motifs is 1. The van der Waals surface area contributed by atoms with Crippen LogP contribution in [0.4, 0.5) is 0 Å². The van der Waals surface area contributed by atoms with E-state index >= 15 is 0 Å². The molecule has 0 saturated heterocycles. The second-order valence-electron chi connectivity index (χ2n) is 5.08. The van der Waals surface area contributed by atoms with E-state index in [-0.39, 0.29) is 12.7 Å². The number of rotatable bonds is 3. The van der Waals surface area contributed by atoms with E-state index in [1.165, 1.54) is 0 Å². The maximum absolute atomic E-state index is 9.84. The molecule has 0 aromatic heterocycles. The van der Waals surface area contributed by atoms with E-state index in [0.29, 0.717) is 5.75 Å². The van der Waals surface area contributed by atoms with Crippen LogP contribution in [0.2, 0.25) is 0 Å². The summed E-state index contributed by atoms with van der Waals surface area (Å²) in [6.45, 7) is -0.0560. The van der Waals surface area contributed by atoms with Crippen molar-refractivity contribution in [2.75, 3.05) is 0 Å². The van der Waals surface area contributed by atoms with Crippen molar-refractivity contribution in [3.8, 4) is 5.75 Å². The van der Waals surface area contributed by atoms with Gasteiger partial charge in [0.1, 0.15) is 11.9 Å². The van der Waals surface area contributed by atoms with Crippen LogP contribution in [0.15, 0.2) is 36.4 Å². The molecule has 2 N–H and O–H groups in total. The first-order valence-corrected chi connectivity index (χ1v) is 6.76. The first-order valence-electron chi connectivity index (χ1n) is 6.76. The van der Waals surface area contributed by atoms with Crippen molar-refractivity contribution in [2.45, 2.75) is 38.1 Å². The van der Waals surface area contributed by atoms with Gasteiger partial charge in [0.05, 0.1) is 12.7 Å². The normalized spacial score (nSPS) is 22.8. The molecule has 0 bridgehead atoms. The summed E-state index contributed by atoms with van der Waals surface area (Å²) >= 11 is 0. The molecule has 19 heavy (non-hydrogen) atoms. The van der Waals surface area contributed by atoms with E-state index in [9.17, 15) is 10.2 Å². The van der Waals surface area contributed by atoms with Gasteiger partial charge in [-0.05, 0) is 36.1 Å². The van der Waals surface area contributed by atoms with Gasteiger partial charge in [0.25, 0.3) is 0 Å². The maximum Gasteiger partial charge on any atom is 0.126 e. The van der Waals surface area contributed by atoms with Gasteiger partial charge in [-0.15, -0.1) is 0 Å². The van der Waals surface area contributed by atoms with E-state index in [2.05, 4.69) is 0 Å². The zero-order valence-corrected chi connectivity index (χ0v) is 10.7. The minimum absolute atomic E-state index is 0.0560. The van der Waals surface area contributed by atoms with Crippen LogP contribution in [-0.2, 0) is 6.61 Å². The van der Waals surface area contributed by atoms with Crippen LogP contribution < -0.4 is 4.74 Å². The first-order chi connectivity index (χ1) is 9.29. The summed E-state index contributed by atoms with van der Waals surface area (Å²) in [6, 6.07) is 11.8. The van der Waals surface area contributed by atoms with Crippen molar-refractivity contribution in [1.29, 1.82) is 0 Å². The second kappa shape index (κ2) is 5.19. The summed E-state index contributed by atoms with van der Waals surface area (Å²) in [4.78, 5) is 0. The minimum atomic E-state index is -0.391. The number of hydrogen-bond donors (Lipinski definition) is 2. The number of ether oxygens (including phenoxy) is 1. The van der Waals surface area contributed by atoms with Gasteiger partial charge in [-0.2, -0.15) is 0 Å². The van der Waals surface area contributed by atoms with Crippen molar-refractivity contribution in [3.05, 3.63) is 42.0 Å². The summed E-state index contributed by atoms with van der Waals surface area (Å²) in [5, 5.41) is 21.6. The van der Waals surface area contributed by atoms with Crippen LogP contribution in [0.3, 0.4) is 0 Å². The molecule has 1 aliphatic rings. The van der Waals surface area contributed by atoms with Gasteiger partial charge < -0.3 is 14.9 Å². The van der Waals surface area contributed by atoms with Crippen molar-refractivity contribution in [1.82, 2.24) is 0 Å². The van der Waals surface area contributed by atoms with E-state index in [4.69, 9.17) is 4.74 Å². The average Bonchev–Trinajstić information content (AvgIpc) is 2.84.